The first kappa shape index (κ1) is 12.8. The van der Waals surface area contributed by atoms with Crippen molar-refractivity contribution in [3.8, 4) is 0 Å². The van der Waals surface area contributed by atoms with E-state index in [-0.39, 0.29) is 0 Å². The van der Waals surface area contributed by atoms with E-state index in [9.17, 15) is 5.11 Å². The van der Waals surface area contributed by atoms with Gasteiger partial charge in [-0.1, -0.05) is 0 Å². The molecule has 0 aliphatic rings. The number of nitrogens with zero attached hydrogens (tertiary/aromatic N) is 4. The van der Waals surface area contributed by atoms with Crippen molar-refractivity contribution in [3.63, 3.8) is 0 Å². The third-order valence-electron chi connectivity index (χ3n) is 3.10. The van der Waals surface area contributed by atoms with Gasteiger partial charge in [0, 0.05) is 37.5 Å². The first-order valence-corrected chi connectivity index (χ1v) is 6.22. The van der Waals surface area contributed by atoms with Gasteiger partial charge in [0.15, 0.2) is 0 Å². The summed E-state index contributed by atoms with van der Waals surface area (Å²) in [6.07, 6.45) is 1.92. The zero-order valence-corrected chi connectivity index (χ0v) is 11.4. The molecule has 0 aliphatic carbocycles. The molecule has 2 rings (SSSR count). The predicted octanol–water partition coefficient (Wildman–Crippen LogP) is 1.53. The largest absolute Gasteiger partial charge is 0.388 e. The van der Waals surface area contributed by atoms with Crippen LogP contribution in [0.4, 0.5) is 0 Å². The van der Waals surface area contributed by atoms with E-state index in [1.165, 1.54) is 0 Å². The lowest BCUT2D eigenvalue weighted by Crippen LogP contribution is -2.08. The molecule has 5 heteroatoms. The maximum absolute atomic E-state index is 10.3. The van der Waals surface area contributed by atoms with Gasteiger partial charge in [0.1, 0.15) is 0 Å². The van der Waals surface area contributed by atoms with Gasteiger partial charge in [-0.25, -0.2) is 0 Å². The molecule has 0 saturated carbocycles. The summed E-state index contributed by atoms with van der Waals surface area (Å²) in [5.74, 6) is 0. The van der Waals surface area contributed by atoms with Crippen LogP contribution in [0.5, 0.6) is 0 Å². The maximum Gasteiger partial charge on any atom is 0.0878 e. The van der Waals surface area contributed by atoms with Gasteiger partial charge in [-0.05, 0) is 26.8 Å². The van der Waals surface area contributed by atoms with Crippen molar-refractivity contribution in [1.82, 2.24) is 19.6 Å². The number of rotatable bonds is 4. The summed E-state index contributed by atoms with van der Waals surface area (Å²) in [6.45, 7) is 6.76. The fourth-order valence-corrected chi connectivity index (χ4v) is 2.29. The molecule has 5 nitrogen and oxygen atoms in total. The monoisotopic (exact) mass is 248 g/mol. The average molecular weight is 248 g/mol. The summed E-state index contributed by atoms with van der Waals surface area (Å²) >= 11 is 0. The molecule has 0 spiro atoms. The Balaban J connectivity index is 2.20. The van der Waals surface area contributed by atoms with Crippen LogP contribution in [-0.2, 0) is 20.0 Å². The minimum atomic E-state index is -0.528. The van der Waals surface area contributed by atoms with Crippen LogP contribution in [-0.4, -0.2) is 24.7 Å². The van der Waals surface area contributed by atoms with Crippen molar-refractivity contribution >= 4 is 0 Å². The Morgan fingerprint density at radius 2 is 2.06 bits per heavy atom. The zero-order chi connectivity index (χ0) is 13.3. The smallest absolute Gasteiger partial charge is 0.0878 e. The summed E-state index contributed by atoms with van der Waals surface area (Å²) in [5, 5.41) is 18.9. The van der Waals surface area contributed by atoms with Gasteiger partial charge < -0.3 is 5.11 Å². The Morgan fingerprint density at radius 3 is 2.61 bits per heavy atom. The lowest BCUT2D eigenvalue weighted by molar-refractivity contribution is 0.174. The molecular formula is C13H20N4O. The molecule has 1 unspecified atom stereocenters. The van der Waals surface area contributed by atoms with E-state index in [4.69, 9.17) is 0 Å². The summed E-state index contributed by atoms with van der Waals surface area (Å²) in [7, 11) is 1.86. The third-order valence-corrected chi connectivity index (χ3v) is 3.10. The Hall–Kier alpha value is -1.62. The SMILES string of the molecule is CCn1nc(C)cc1CC(O)c1cn(C)nc1C. The number of aryl methyl sites for hydroxylation is 4. The fraction of sp³-hybridized carbons (Fsp3) is 0.538. The molecule has 2 aromatic heterocycles. The van der Waals surface area contributed by atoms with E-state index in [0.717, 1.165) is 29.2 Å². The fourth-order valence-electron chi connectivity index (χ4n) is 2.29. The highest BCUT2D eigenvalue weighted by Crippen LogP contribution is 2.21. The van der Waals surface area contributed by atoms with E-state index in [2.05, 4.69) is 17.1 Å². The standard InChI is InChI=1S/C13H20N4O/c1-5-17-11(6-9(2)14-17)7-13(18)12-8-16(4)15-10(12)3/h6,8,13,18H,5,7H2,1-4H3. The molecule has 1 N–H and O–H groups in total. The van der Waals surface area contributed by atoms with Gasteiger partial charge in [-0.2, -0.15) is 10.2 Å². The highest BCUT2D eigenvalue weighted by atomic mass is 16.3. The molecule has 18 heavy (non-hydrogen) atoms. The molecule has 0 aliphatic heterocycles. The van der Waals surface area contributed by atoms with E-state index < -0.39 is 6.10 Å². The Morgan fingerprint density at radius 1 is 1.33 bits per heavy atom. The first-order chi connectivity index (χ1) is 8.51. The molecular weight excluding hydrogens is 228 g/mol. The maximum atomic E-state index is 10.3. The third kappa shape index (κ3) is 2.46. The van der Waals surface area contributed by atoms with E-state index in [1.54, 1.807) is 4.68 Å². The second kappa shape index (κ2) is 4.94. The second-order valence-corrected chi connectivity index (χ2v) is 4.66. The van der Waals surface area contributed by atoms with Crippen molar-refractivity contribution in [3.05, 3.63) is 34.9 Å². The lowest BCUT2D eigenvalue weighted by atomic mass is 10.1. The normalized spacial score (nSPS) is 12.9. The van der Waals surface area contributed by atoms with Crippen LogP contribution in [0, 0.1) is 13.8 Å². The van der Waals surface area contributed by atoms with Crippen molar-refractivity contribution in [2.45, 2.75) is 39.8 Å². The van der Waals surface area contributed by atoms with Crippen LogP contribution in [0.1, 0.15) is 35.7 Å². The van der Waals surface area contributed by atoms with Crippen molar-refractivity contribution in [2.75, 3.05) is 0 Å². The molecule has 1 atom stereocenters. The summed E-state index contributed by atoms with van der Waals surface area (Å²) in [4.78, 5) is 0. The van der Waals surface area contributed by atoms with Gasteiger partial charge >= 0.3 is 0 Å². The minimum Gasteiger partial charge on any atom is -0.388 e. The van der Waals surface area contributed by atoms with Gasteiger partial charge in [0.2, 0.25) is 0 Å². The van der Waals surface area contributed by atoms with Crippen molar-refractivity contribution in [1.29, 1.82) is 0 Å². The molecule has 98 valence electrons. The quantitative estimate of drug-likeness (QED) is 0.892. The van der Waals surface area contributed by atoms with Crippen LogP contribution in [0.25, 0.3) is 0 Å². The number of aromatic nitrogens is 4. The summed E-state index contributed by atoms with van der Waals surface area (Å²) < 4.78 is 3.67. The molecule has 0 saturated heterocycles. The number of hydrogen-bond donors (Lipinski definition) is 1. The topological polar surface area (TPSA) is 55.9 Å². The molecule has 2 heterocycles. The highest BCUT2D eigenvalue weighted by molar-refractivity contribution is 5.21. The summed E-state index contributed by atoms with van der Waals surface area (Å²) in [6, 6.07) is 2.03. The first-order valence-electron chi connectivity index (χ1n) is 6.22. The second-order valence-electron chi connectivity index (χ2n) is 4.66. The number of hydrogen-bond acceptors (Lipinski definition) is 3. The molecule has 0 radical (unpaired) electrons. The lowest BCUT2D eigenvalue weighted by Gasteiger charge is -2.10. The molecule has 2 aromatic rings. The minimum absolute atomic E-state index is 0.528. The van der Waals surface area contributed by atoms with Crippen LogP contribution >= 0.6 is 0 Å². The number of aliphatic hydroxyl groups excluding tert-OH is 1. The average Bonchev–Trinajstić information content (AvgIpc) is 2.81. The Labute approximate surface area is 107 Å². The van der Waals surface area contributed by atoms with Crippen LogP contribution in [0.15, 0.2) is 12.3 Å². The zero-order valence-electron chi connectivity index (χ0n) is 11.4. The van der Waals surface area contributed by atoms with Crippen molar-refractivity contribution in [2.24, 2.45) is 7.05 Å². The van der Waals surface area contributed by atoms with Gasteiger partial charge in [-0.15, -0.1) is 0 Å². The van der Waals surface area contributed by atoms with E-state index in [1.807, 2.05) is 37.8 Å². The summed E-state index contributed by atoms with van der Waals surface area (Å²) in [5.41, 5.74) is 3.82. The highest BCUT2D eigenvalue weighted by Gasteiger charge is 2.16. The van der Waals surface area contributed by atoms with Gasteiger partial charge in [0.05, 0.1) is 17.5 Å². The van der Waals surface area contributed by atoms with Crippen molar-refractivity contribution < 1.29 is 5.11 Å². The van der Waals surface area contributed by atoms with E-state index in [0.29, 0.717) is 6.42 Å². The number of aliphatic hydroxyl groups is 1. The predicted molar refractivity (Wildman–Crippen MR) is 69.2 cm³/mol. The molecule has 0 bridgehead atoms. The van der Waals surface area contributed by atoms with E-state index >= 15 is 0 Å². The van der Waals surface area contributed by atoms with Crippen LogP contribution in [0.2, 0.25) is 0 Å². The molecule has 0 fully saturated rings. The van der Waals surface area contributed by atoms with Gasteiger partial charge in [-0.3, -0.25) is 9.36 Å². The Kier molecular flexibility index (Phi) is 3.52. The van der Waals surface area contributed by atoms with Crippen LogP contribution in [0.3, 0.4) is 0 Å². The molecule has 0 aromatic carbocycles. The van der Waals surface area contributed by atoms with Gasteiger partial charge in [0.25, 0.3) is 0 Å². The van der Waals surface area contributed by atoms with Crippen LogP contribution < -0.4 is 0 Å². The molecule has 0 amide bonds. The Bertz CT molecular complexity index is 541.